The number of hydrogen-bond acceptors (Lipinski definition) is 4. The van der Waals surface area contributed by atoms with Gasteiger partial charge < -0.3 is 19.6 Å². The lowest BCUT2D eigenvalue weighted by Gasteiger charge is -2.34. The predicted octanol–water partition coefficient (Wildman–Crippen LogP) is 2.12. The number of morpholine rings is 1. The van der Waals surface area contributed by atoms with E-state index in [9.17, 15) is 4.79 Å². The number of benzene rings is 1. The van der Waals surface area contributed by atoms with Gasteiger partial charge in [0.25, 0.3) is 5.91 Å². The van der Waals surface area contributed by atoms with Gasteiger partial charge in [-0.05, 0) is 32.0 Å². The van der Waals surface area contributed by atoms with Crippen LogP contribution in [0.3, 0.4) is 0 Å². The van der Waals surface area contributed by atoms with Crippen LogP contribution in [-0.2, 0) is 4.74 Å². The topological polar surface area (TPSA) is 86.9 Å². The van der Waals surface area contributed by atoms with Gasteiger partial charge in [-0.25, -0.2) is 9.97 Å². The molecule has 1 aliphatic rings. The number of fused-ring (bicyclic) bond motifs is 1. The van der Waals surface area contributed by atoms with E-state index >= 15 is 0 Å². The van der Waals surface area contributed by atoms with Crippen LogP contribution in [-0.4, -0.2) is 50.5 Å². The molecule has 1 aromatic carbocycles. The first kappa shape index (κ1) is 14.9. The third kappa shape index (κ3) is 2.56. The number of rotatable bonds is 2. The summed E-state index contributed by atoms with van der Waals surface area (Å²) in [5.41, 5.74) is 3.35. The molecule has 3 aromatic rings. The molecule has 3 heterocycles. The number of nitrogens with one attached hydrogen (secondary N) is 2. The van der Waals surface area contributed by atoms with Crippen molar-refractivity contribution in [2.75, 3.05) is 19.8 Å². The van der Waals surface area contributed by atoms with Crippen LogP contribution in [0.5, 0.6) is 0 Å². The third-order valence-electron chi connectivity index (χ3n) is 4.27. The Morgan fingerprint density at radius 3 is 3.00 bits per heavy atom. The maximum atomic E-state index is 13.0. The molecule has 24 heavy (non-hydrogen) atoms. The summed E-state index contributed by atoms with van der Waals surface area (Å²) in [6.07, 6.45) is 1.77. The Bertz CT molecular complexity index is 897. The number of carbonyl (C=O) groups is 1. The highest BCUT2D eigenvalue weighted by Gasteiger charge is 2.31. The van der Waals surface area contributed by atoms with E-state index in [1.807, 2.05) is 36.9 Å². The largest absolute Gasteiger partial charge is 0.377 e. The Hall–Kier alpha value is -2.67. The second-order valence-corrected chi connectivity index (χ2v) is 6.09. The first-order chi connectivity index (χ1) is 11.6. The Morgan fingerprint density at radius 1 is 1.33 bits per heavy atom. The summed E-state index contributed by atoms with van der Waals surface area (Å²) < 4.78 is 5.57. The Morgan fingerprint density at radius 2 is 2.21 bits per heavy atom. The van der Waals surface area contributed by atoms with Crippen LogP contribution < -0.4 is 0 Å². The average molecular weight is 325 g/mol. The standard InChI is InChI=1S/C17H19N5O2/c1-10-8-18-16(19-10)15-9-24-6-5-22(15)17(23)12-3-4-13-14(7-12)21-11(2)20-13/h3-4,7-8,15H,5-6,9H2,1-2H3,(H,18,19)(H,20,21)/t15-/m0/s1. The van der Waals surface area contributed by atoms with Crippen molar-refractivity contribution in [1.82, 2.24) is 24.8 Å². The van der Waals surface area contributed by atoms with Crippen LogP contribution in [0.15, 0.2) is 24.4 Å². The van der Waals surface area contributed by atoms with E-state index in [0.717, 1.165) is 28.4 Å². The van der Waals surface area contributed by atoms with Crippen molar-refractivity contribution in [2.45, 2.75) is 19.9 Å². The second kappa shape index (κ2) is 5.76. The number of H-pyrrole nitrogens is 2. The smallest absolute Gasteiger partial charge is 0.254 e. The van der Waals surface area contributed by atoms with E-state index in [0.29, 0.717) is 25.3 Å². The molecule has 7 heteroatoms. The SMILES string of the molecule is Cc1cnc([C@@H]2COCCN2C(=O)c2ccc3nc(C)[nH]c3c2)[nH]1. The first-order valence-electron chi connectivity index (χ1n) is 7.98. The van der Waals surface area contributed by atoms with Gasteiger partial charge in [0.15, 0.2) is 0 Å². The Labute approximate surface area is 139 Å². The van der Waals surface area contributed by atoms with Crippen LogP contribution in [0.2, 0.25) is 0 Å². The number of amides is 1. The molecule has 2 N–H and O–H groups in total. The lowest BCUT2D eigenvalue weighted by atomic mass is 10.1. The molecule has 0 unspecified atom stereocenters. The Kier molecular flexibility index (Phi) is 3.57. The molecule has 0 saturated carbocycles. The molecule has 0 bridgehead atoms. The van der Waals surface area contributed by atoms with Crippen molar-refractivity contribution >= 4 is 16.9 Å². The molecule has 1 fully saturated rings. The highest BCUT2D eigenvalue weighted by atomic mass is 16.5. The number of ether oxygens (including phenoxy) is 1. The lowest BCUT2D eigenvalue weighted by Crippen LogP contribution is -2.43. The molecule has 7 nitrogen and oxygen atoms in total. The van der Waals surface area contributed by atoms with E-state index < -0.39 is 0 Å². The Balaban J connectivity index is 1.67. The van der Waals surface area contributed by atoms with Crippen molar-refractivity contribution in [1.29, 1.82) is 0 Å². The van der Waals surface area contributed by atoms with Crippen LogP contribution in [0, 0.1) is 13.8 Å². The van der Waals surface area contributed by atoms with E-state index in [1.54, 1.807) is 6.20 Å². The quantitative estimate of drug-likeness (QED) is 0.755. The van der Waals surface area contributed by atoms with Crippen molar-refractivity contribution in [3.05, 3.63) is 47.3 Å². The summed E-state index contributed by atoms with van der Waals surface area (Å²) >= 11 is 0. The first-order valence-corrected chi connectivity index (χ1v) is 7.98. The maximum Gasteiger partial charge on any atom is 0.254 e. The molecule has 1 aliphatic heterocycles. The van der Waals surface area contributed by atoms with Crippen LogP contribution in [0.4, 0.5) is 0 Å². The zero-order chi connectivity index (χ0) is 16.7. The van der Waals surface area contributed by atoms with Crippen molar-refractivity contribution in [3.63, 3.8) is 0 Å². The van der Waals surface area contributed by atoms with Crippen LogP contribution in [0.25, 0.3) is 11.0 Å². The number of carbonyl (C=O) groups excluding carboxylic acids is 1. The lowest BCUT2D eigenvalue weighted by molar-refractivity contribution is -0.00500. The van der Waals surface area contributed by atoms with Crippen LogP contribution in [0.1, 0.15) is 33.7 Å². The highest BCUT2D eigenvalue weighted by molar-refractivity contribution is 5.97. The van der Waals surface area contributed by atoms with Gasteiger partial charge in [-0.3, -0.25) is 4.79 Å². The summed E-state index contributed by atoms with van der Waals surface area (Å²) in [5, 5.41) is 0. The minimum atomic E-state index is -0.195. The molecular weight excluding hydrogens is 306 g/mol. The van der Waals surface area contributed by atoms with E-state index in [1.165, 1.54) is 0 Å². The number of imidazole rings is 2. The van der Waals surface area contributed by atoms with E-state index in [4.69, 9.17) is 4.74 Å². The fourth-order valence-corrected chi connectivity index (χ4v) is 3.11. The highest BCUT2D eigenvalue weighted by Crippen LogP contribution is 2.25. The van der Waals surface area contributed by atoms with Crippen molar-refractivity contribution in [3.8, 4) is 0 Å². The summed E-state index contributed by atoms with van der Waals surface area (Å²) in [5.74, 6) is 1.58. The minimum absolute atomic E-state index is 0.0218. The van der Waals surface area contributed by atoms with Crippen molar-refractivity contribution < 1.29 is 9.53 Å². The fourth-order valence-electron chi connectivity index (χ4n) is 3.11. The van der Waals surface area contributed by atoms with E-state index in [-0.39, 0.29) is 11.9 Å². The van der Waals surface area contributed by atoms with Crippen molar-refractivity contribution in [2.24, 2.45) is 0 Å². The average Bonchev–Trinajstić information content (AvgIpc) is 3.18. The van der Waals surface area contributed by atoms with Gasteiger partial charge >= 0.3 is 0 Å². The molecule has 2 aromatic heterocycles. The molecule has 124 valence electrons. The fraction of sp³-hybridized carbons (Fsp3) is 0.353. The molecule has 1 atom stereocenters. The normalized spacial score (nSPS) is 18.2. The molecule has 1 amide bonds. The number of hydrogen-bond donors (Lipinski definition) is 2. The molecule has 0 spiro atoms. The summed E-state index contributed by atoms with van der Waals surface area (Å²) in [4.78, 5) is 30.0. The van der Waals surface area contributed by atoms with E-state index in [2.05, 4.69) is 19.9 Å². The number of aromatic nitrogens is 4. The molecule has 4 rings (SSSR count). The zero-order valence-electron chi connectivity index (χ0n) is 13.7. The number of nitrogens with zero attached hydrogens (tertiary/aromatic N) is 3. The zero-order valence-corrected chi connectivity index (χ0v) is 13.7. The molecule has 1 saturated heterocycles. The number of aryl methyl sites for hydroxylation is 2. The van der Waals surface area contributed by atoms with Gasteiger partial charge in [0, 0.05) is 24.0 Å². The maximum absolute atomic E-state index is 13.0. The van der Waals surface area contributed by atoms with Crippen LogP contribution >= 0.6 is 0 Å². The molecule has 0 radical (unpaired) electrons. The van der Waals surface area contributed by atoms with Gasteiger partial charge in [0.2, 0.25) is 0 Å². The summed E-state index contributed by atoms with van der Waals surface area (Å²) in [6.45, 7) is 5.38. The van der Waals surface area contributed by atoms with Gasteiger partial charge in [-0.1, -0.05) is 0 Å². The number of aromatic amines is 2. The van der Waals surface area contributed by atoms with Gasteiger partial charge in [0.1, 0.15) is 17.7 Å². The van der Waals surface area contributed by atoms with Gasteiger partial charge in [-0.15, -0.1) is 0 Å². The summed E-state index contributed by atoms with van der Waals surface area (Å²) in [6, 6.07) is 5.36. The molecular formula is C17H19N5O2. The second-order valence-electron chi connectivity index (χ2n) is 6.09. The van der Waals surface area contributed by atoms with Gasteiger partial charge in [-0.2, -0.15) is 0 Å². The molecule has 0 aliphatic carbocycles. The monoisotopic (exact) mass is 325 g/mol. The summed E-state index contributed by atoms with van der Waals surface area (Å²) in [7, 11) is 0. The predicted molar refractivity (Wildman–Crippen MR) is 88.8 cm³/mol. The third-order valence-corrected chi connectivity index (χ3v) is 4.27. The van der Waals surface area contributed by atoms with Gasteiger partial charge in [0.05, 0.1) is 24.2 Å². The minimum Gasteiger partial charge on any atom is -0.377 e.